The predicted octanol–water partition coefficient (Wildman–Crippen LogP) is 9.40. The van der Waals surface area contributed by atoms with Gasteiger partial charge in [-0.25, -0.2) is 4.98 Å². The Morgan fingerprint density at radius 2 is 1.50 bits per heavy atom. The molecule has 5 heterocycles. The maximum atomic E-state index is 6.51. The van der Waals surface area contributed by atoms with Crippen molar-refractivity contribution in [3.05, 3.63) is 144 Å². The molecule has 0 saturated carbocycles. The number of ether oxygens (including phenoxy) is 1. The van der Waals surface area contributed by atoms with Crippen LogP contribution < -0.4 is 4.74 Å². The fourth-order valence-corrected chi connectivity index (χ4v) is 7.12. The summed E-state index contributed by atoms with van der Waals surface area (Å²) in [5.41, 5.74) is 10.8. The molecular weight excluding hydrogens is 748 g/mol. The molecular formula is C40H24N4OPt. The van der Waals surface area contributed by atoms with Crippen molar-refractivity contribution in [1.29, 1.82) is 0 Å². The summed E-state index contributed by atoms with van der Waals surface area (Å²) in [5.74, 6) is 1.25. The Kier molecular flexibility index (Phi) is 5.97. The van der Waals surface area contributed by atoms with Gasteiger partial charge in [0.05, 0.1) is 16.9 Å². The van der Waals surface area contributed by atoms with E-state index in [4.69, 9.17) is 14.7 Å². The smallest absolute Gasteiger partial charge is 0.503 e. The molecule has 0 aliphatic carbocycles. The molecule has 1 aliphatic rings. The van der Waals surface area contributed by atoms with Crippen molar-refractivity contribution in [2.24, 2.45) is 0 Å². The van der Waals surface area contributed by atoms with E-state index in [9.17, 15) is 0 Å². The first-order valence-corrected chi connectivity index (χ1v) is 15.1. The molecule has 0 fully saturated rings. The number of imidazole rings is 1. The Labute approximate surface area is 279 Å². The molecule has 220 valence electrons. The van der Waals surface area contributed by atoms with Gasteiger partial charge in [0.15, 0.2) is 0 Å². The Hall–Kier alpha value is -5.25. The maximum absolute atomic E-state index is 6.51. The Bertz CT molecular complexity index is 2690. The molecule has 0 unspecified atom stereocenters. The average Bonchev–Trinajstić information content (AvgIpc) is 3.67. The van der Waals surface area contributed by atoms with Crippen LogP contribution in [0.2, 0.25) is 0 Å². The second-order valence-corrected chi connectivity index (χ2v) is 11.8. The molecule has 1 aliphatic heterocycles. The summed E-state index contributed by atoms with van der Waals surface area (Å²) >= 11 is 0. The van der Waals surface area contributed by atoms with Crippen LogP contribution in [-0.4, -0.2) is 18.9 Å². The fraction of sp³-hybridized carbons (Fsp3) is 0.0500. The molecule has 5 nitrogen and oxygen atoms in total. The van der Waals surface area contributed by atoms with Crippen LogP contribution in [0.3, 0.4) is 0 Å². The van der Waals surface area contributed by atoms with Crippen LogP contribution in [0.1, 0.15) is 16.7 Å². The molecule has 6 heteroatoms. The molecule has 4 aromatic heterocycles. The molecule has 0 atom stereocenters. The number of para-hydroxylation sites is 2. The fourth-order valence-electron chi connectivity index (χ4n) is 7.12. The molecule has 0 saturated heterocycles. The van der Waals surface area contributed by atoms with Crippen LogP contribution in [0, 0.1) is 19.1 Å². The minimum atomic E-state index is 0. The van der Waals surface area contributed by atoms with Gasteiger partial charge in [0.25, 0.3) is 0 Å². The van der Waals surface area contributed by atoms with E-state index in [0.717, 1.165) is 61.7 Å². The van der Waals surface area contributed by atoms with E-state index < -0.39 is 0 Å². The van der Waals surface area contributed by atoms with Gasteiger partial charge in [0, 0.05) is 45.7 Å². The molecule has 10 rings (SSSR count). The third kappa shape index (κ3) is 3.85. The van der Waals surface area contributed by atoms with Crippen LogP contribution in [0.4, 0.5) is 0 Å². The molecule has 0 spiro atoms. The number of rotatable bonds is 3. The number of benzene rings is 5. The van der Waals surface area contributed by atoms with E-state index in [1.807, 2.05) is 24.4 Å². The molecule has 0 amide bonds. The molecule has 0 bridgehead atoms. The summed E-state index contributed by atoms with van der Waals surface area (Å²) < 4.78 is 10.9. The summed E-state index contributed by atoms with van der Waals surface area (Å²) in [4.78, 5) is 9.93. The van der Waals surface area contributed by atoms with Gasteiger partial charge in [0.1, 0.15) is 5.65 Å². The summed E-state index contributed by atoms with van der Waals surface area (Å²) in [6.45, 7) is 2.12. The zero-order chi connectivity index (χ0) is 29.6. The average molecular weight is 772 g/mol. The number of hydrogen-bond acceptors (Lipinski definition) is 3. The first kappa shape index (κ1) is 27.1. The van der Waals surface area contributed by atoms with E-state index >= 15 is 0 Å². The normalized spacial score (nSPS) is 12.2. The largest absolute Gasteiger partial charge is 2.00 e. The summed E-state index contributed by atoms with van der Waals surface area (Å²) in [6, 6.07) is 42.9. The van der Waals surface area contributed by atoms with Gasteiger partial charge in [-0.2, -0.15) is 6.07 Å². The molecule has 46 heavy (non-hydrogen) atoms. The van der Waals surface area contributed by atoms with Crippen LogP contribution >= 0.6 is 0 Å². The van der Waals surface area contributed by atoms with Crippen LogP contribution in [0.5, 0.6) is 11.5 Å². The van der Waals surface area contributed by atoms with Crippen LogP contribution in [0.25, 0.3) is 66.2 Å². The van der Waals surface area contributed by atoms with Gasteiger partial charge >= 0.3 is 21.1 Å². The van der Waals surface area contributed by atoms with Crippen molar-refractivity contribution in [1.82, 2.24) is 18.9 Å². The molecule has 0 radical (unpaired) electrons. The Morgan fingerprint density at radius 3 is 2.43 bits per heavy atom. The van der Waals surface area contributed by atoms with Crippen molar-refractivity contribution in [2.45, 2.75) is 13.3 Å². The van der Waals surface area contributed by atoms with E-state index in [0.29, 0.717) is 11.5 Å². The summed E-state index contributed by atoms with van der Waals surface area (Å²) in [6.07, 6.45) is 4.83. The predicted molar refractivity (Wildman–Crippen MR) is 180 cm³/mol. The van der Waals surface area contributed by atoms with E-state index in [-0.39, 0.29) is 21.1 Å². The third-order valence-electron chi connectivity index (χ3n) is 9.16. The van der Waals surface area contributed by atoms with Gasteiger partial charge in [0.2, 0.25) is 0 Å². The second-order valence-electron chi connectivity index (χ2n) is 11.8. The van der Waals surface area contributed by atoms with Crippen molar-refractivity contribution in [2.75, 3.05) is 0 Å². The van der Waals surface area contributed by atoms with Gasteiger partial charge < -0.3 is 13.7 Å². The van der Waals surface area contributed by atoms with Gasteiger partial charge in [-0.3, -0.25) is 4.98 Å². The van der Waals surface area contributed by atoms with Crippen molar-refractivity contribution >= 4 is 49.3 Å². The van der Waals surface area contributed by atoms with E-state index in [1.165, 1.54) is 27.6 Å². The zero-order valence-electron chi connectivity index (χ0n) is 24.7. The number of nitrogens with zero attached hydrogens (tertiary/aromatic N) is 4. The van der Waals surface area contributed by atoms with Gasteiger partial charge in [-0.1, -0.05) is 83.2 Å². The summed E-state index contributed by atoms with van der Waals surface area (Å²) in [7, 11) is 0. The monoisotopic (exact) mass is 771 g/mol. The molecule has 0 N–H and O–H groups in total. The minimum Gasteiger partial charge on any atom is -0.503 e. The van der Waals surface area contributed by atoms with Crippen LogP contribution in [-0.2, 0) is 27.5 Å². The van der Waals surface area contributed by atoms with Gasteiger partial charge in [-0.15, -0.1) is 29.8 Å². The first-order valence-electron chi connectivity index (χ1n) is 15.1. The zero-order valence-corrected chi connectivity index (χ0v) is 27.0. The van der Waals surface area contributed by atoms with E-state index in [1.54, 1.807) is 0 Å². The number of hydrogen-bond donors (Lipinski definition) is 0. The minimum absolute atomic E-state index is 0. The number of pyridine rings is 2. The van der Waals surface area contributed by atoms with Crippen LogP contribution in [0.15, 0.2) is 116 Å². The van der Waals surface area contributed by atoms with Crippen molar-refractivity contribution in [3.8, 4) is 28.4 Å². The summed E-state index contributed by atoms with van der Waals surface area (Å²) in [5, 5.41) is 5.51. The maximum Gasteiger partial charge on any atom is 2.00 e. The SMILES string of the molecule is Cc1ccccc1-c1cn2c3ccccc3c3ccc(Oc4[c-]c5c(cc4)Cc4cccc6c7cccnc7n-5c46)[c-]c3c2n1.[Pt+2]. The first-order chi connectivity index (χ1) is 22.2. The molecule has 9 aromatic rings. The number of aryl methyl sites for hydroxylation is 1. The number of fused-ring (bicyclic) bond motifs is 11. The Morgan fingerprint density at radius 1 is 0.696 bits per heavy atom. The standard InChI is InChI=1S/C40H24N4O.Pt/c1-24-8-2-3-10-29(24)35-23-43-36-14-5-4-11-31(36)30-18-17-27(21-34(30)40(43)42-35)45-28-16-15-25-20-26-9-6-12-32-33-13-7-19-41-39(33)44(38(26)32)37(25)22-28;/h2-19,23H,20H2,1H3;/q-2;+2. The quantitative estimate of drug-likeness (QED) is 0.133. The third-order valence-corrected chi connectivity index (χ3v) is 9.16. The van der Waals surface area contributed by atoms with Gasteiger partial charge in [-0.05, 0) is 48.1 Å². The van der Waals surface area contributed by atoms with Crippen molar-refractivity contribution < 1.29 is 25.8 Å². The molecule has 5 aromatic carbocycles. The second kappa shape index (κ2) is 10.1. The Balaban J connectivity index is 0.00000292. The van der Waals surface area contributed by atoms with E-state index in [2.05, 4.69) is 119 Å². The van der Waals surface area contributed by atoms with Crippen molar-refractivity contribution in [3.63, 3.8) is 0 Å². The number of aromatic nitrogens is 4. The topological polar surface area (TPSA) is 44.4 Å².